The molecule has 0 aliphatic carbocycles. The second-order valence-corrected chi connectivity index (χ2v) is 5.25. The van der Waals surface area contributed by atoms with Crippen LogP contribution >= 0.6 is 0 Å². The zero-order valence-electron chi connectivity index (χ0n) is 11.8. The zero-order chi connectivity index (χ0) is 15.4. The Balaban J connectivity index is 2.06. The number of hydrogen-bond acceptors (Lipinski definition) is 4. The van der Waals surface area contributed by atoms with Crippen LogP contribution in [0, 0.1) is 15.9 Å². The largest absolute Gasteiger partial charge is 0.340 e. The molecule has 6 nitrogen and oxygen atoms in total. The van der Waals surface area contributed by atoms with Crippen molar-refractivity contribution in [1.29, 1.82) is 0 Å². The summed E-state index contributed by atoms with van der Waals surface area (Å²) in [6.45, 7) is 1.42. The molecule has 0 saturated carbocycles. The molecule has 114 valence electrons. The highest BCUT2D eigenvalue weighted by atomic mass is 19.1. The lowest BCUT2D eigenvalue weighted by Gasteiger charge is -2.28. The normalized spacial score (nSPS) is 18.3. The van der Waals surface area contributed by atoms with Gasteiger partial charge in [-0.05, 0) is 25.5 Å². The van der Waals surface area contributed by atoms with E-state index in [1.165, 1.54) is 11.0 Å². The third kappa shape index (κ3) is 3.75. The maximum atomic E-state index is 13.8. The van der Waals surface area contributed by atoms with Crippen molar-refractivity contribution < 1.29 is 14.1 Å². The molecule has 1 fully saturated rings. The second-order valence-electron chi connectivity index (χ2n) is 5.25. The number of nitro groups is 1. The van der Waals surface area contributed by atoms with Crippen molar-refractivity contribution in [2.24, 2.45) is 0 Å². The molecule has 1 N–H and O–H groups in total. The molecule has 7 heteroatoms. The number of piperidine rings is 1. The SMILES string of the molecule is CN(CC1CCCCN1)C(=O)c1ccc([N+](=O)[O-])cc1F. The first-order chi connectivity index (χ1) is 9.99. The third-order valence-electron chi connectivity index (χ3n) is 3.65. The van der Waals surface area contributed by atoms with Gasteiger partial charge in [-0.15, -0.1) is 0 Å². The van der Waals surface area contributed by atoms with Crippen LogP contribution in [-0.2, 0) is 0 Å². The fourth-order valence-electron chi connectivity index (χ4n) is 2.49. The Morgan fingerprint density at radius 1 is 1.52 bits per heavy atom. The summed E-state index contributed by atoms with van der Waals surface area (Å²) in [6.07, 6.45) is 3.23. The number of rotatable bonds is 4. The molecule has 1 amide bonds. The van der Waals surface area contributed by atoms with Crippen molar-refractivity contribution in [1.82, 2.24) is 10.2 Å². The van der Waals surface area contributed by atoms with Crippen molar-refractivity contribution >= 4 is 11.6 Å². The molecule has 1 saturated heterocycles. The summed E-state index contributed by atoms with van der Waals surface area (Å²) in [5, 5.41) is 13.9. The number of non-ortho nitro benzene ring substituents is 1. The van der Waals surface area contributed by atoms with Gasteiger partial charge in [0.15, 0.2) is 0 Å². The number of amides is 1. The molecule has 1 aromatic rings. The van der Waals surface area contributed by atoms with Crippen molar-refractivity contribution in [2.75, 3.05) is 20.1 Å². The Bertz CT molecular complexity index is 544. The lowest BCUT2D eigenvalue weighted by molar-refractivity contribution is -0.385. The maximum Gasteiger partial charge on any atom is 0.272 e. The van der Waals surface area contributed by atoms with E-state index >= 15 is 0 Å². The van der Waals surface area contributed by atoms with E-state index in [-0.39, 0.29) is 17.3 Å². The Hall–Kier alpha value is -2.02. The van der Waals surface area contributed by atoms with Crippen LogP contribution in [0.4, 0.5) is 10.1 Å². The molecular weight excluding hydrogens is 277 g/mol. The van der Waals surface area contributed by atoms with E-state index < -0.39 is 16.6 Å². The number of halogens is 1. The first-order valence-corrected chi connectivity index (χ1v) is 6.92. The first-order valence-electron chi connectivity index (χ1n) is 6.92. The molecule has 1 unspecified atom stereocenters. The fourth-order valence-corrected chi connectivity index (χ4v) is 2.49. The Labute approximate surface area is 122 Å². The van der Waals surface area contributed by atoms with Crippen LogP contribution in [0.3, 0.4) is 0 Å². The van der Waals surface area contributed by atoms with Gasteiger partial charge in [-0.3, -0.25) is 14.9 Å². The maximum absolute atomic E-state index is 13.8. The van der Waals surface area contributed by atoms with E-state index in [9.17, 15) is 19.3 Å². The van der Waals surface area contributed by atoms with E-state index in [1.54, 1.807) is 7.05 Å². The molecule has 2 rings (SSSR count). The molecule has 1 aliphatic heterocycles. The van der Waals surface area contributed by atoms with Gasteiger partial charge in [0.05, 0.1) is 16.6 Å². The minimum atomic E-state index is -0.863. The summed E-state index contributed by atoms with van der Waals surface area (Å²) in [4.78, 5) is 23.5. The van der Waals surface area contributed by atoms with Gasteiger partial charge in [-0.2, -0.15) is 0 Å². The van der Waals surface area contributed by atoms with Crippen LogP contribution in [0.25, 0.3) is 0 Å². The number of hydrogen-bond donors (Lipinski definition) is 1. The standard InChI is InChI=1S/C14H18FN3O3/c1-17(9-10-4-2-3-7-16-10)14(19)12-6-5-11(18(20)21)8-13(12)15/h5-6,8,10,16H,2-4,7,9H2,1H3. The van der Waals surface area contributed by atoms with E-state index in [1.807, 2.05) is 0 Å². The summed E-state index contributed by atoms with van der Waals surface area (Å²) in [5.41, 5.74) is -0.500. The monoisotopic (exact) mass is 295 g/mol. The lowest BCUT2D eigenvalue weighted by Crippen LogP contribution is -2.44. The van der Waals surface area contributed by atoms with Gasteiger partial charge in [0.25, 0.3) is 11.6 Å². The number of nitrogens with zero attached hydrogens (tertiary/aromatic N) is 2. The highest BCUT2D eigenvalue weighted by Crippen LogP contribution is 2.18. The Kier molecular flexibility index (Phi) is 4.85. The quantitative estimate of drug-likeness (QED) is 0.680. The summed E-state index contributed by atoms with van der Waals surface area (Å²) >= 11 is 0. The van der Waals surface area contributed by atoms with E-state index in [2.05, 4.69) is 5.32 Å². The van der Waals surface area contributed by atoms with Gasteiger partial charge < -0.3 is 10.2 Å². The predicted molar refractivity (Wildman–Crippen MR) is 75.7 cm³/mol. The number of carbonyl (C=O) groups is 1. The van der Waals surface area contributed by atoms with Crippen molar-refractivity contribution in [3.05, 3.63) is 39.7 Å². The molecule has 1 heterocycles. The highest BCUT2D eigenvalue weighted by molar-refractivity contribution is 5.94. The Morgan fingerprint density at radius 2 is 2.29 bits per heavy atom. The summed E-state index contributed by atoms with van der Waals surface area (Å²) < 4.78 is 13.8. The average molecular weight is 295 g/mol. The van der Waals surface area contributed by atoms with Crippen LogP contribution in [-0.4, -0.2) is 41.9 Å². The minimum Gasteiger partial charge on any atom is -0.340 e. The summed E-state index contributed by atoms with van der Waals surface area (Å²) in [7, 11) is 1.61. The summed E-state index contributed by atoms with van der Waals surface area (Å²) in [6, 6.07) is 3.30. The highest BCUT2D eigenvalue weighted by Gasteiger charge is 2.22. The minimum absolute atomic E-state index is 0.140. The van der Waals surface area contributed by atoms with Crippen LogP contribution in [0.1, 0.15) is 29.6 Å². The Morgan fingerprint density at radius 3 is 2.86 bits per heavy atom. The van der Waals surface area contributed by atoms with Crippen molar-refractivity contribution in [3.8, 4) is 0 Å². The smallest absolute Gasteiger partial charge is 0.272 e. The van der Waals surface area contributed by atoms with E-state index in [4.69, 9.17) is 0 Å². The number of nitrogens with one attached hydrogen (secondary N) is 1. The van der Waals surface area contributed by atoms with E-state index in [0.717, 1.165) is 37.9 Å². The number of nitro benzene ring substituents is 1. The number of carbonyl (C=O) groups excluding carboxylic acids is 1. The van der Waals surface area contributed by atoms with E-state index in [0.29, 0.717) is 6.54 Å². The van der Waals surface area contributed by atoms with Crippen LogP contribution in [0.2, 0.25) is 0 Å². The van der Waals surface area contributed by atoms with Gasteiger partial charge >= 0.3 is 0 Å². The van der Waals surface area contributed by atoms with Gasteiger partial charge in [-0.25, -0.2) is 4.39 Å². The molecule has 21 heavy (non-hydrogen) atoms. The molecule has 0 radical (unpaired) electrons. The second kappa shape index (κ2) is 6.62. The van der Waals surface area contributed by atoms with Gasteiger partial charge in [0.2, 0.25) is 0 Å². The summed E-state index contributed by atoms with van der Waals surface area (Å²) in [5.74, 6) is -1.33. The lowest BCUT2D eigenvalue weighted by atomic mass is 10.0. The van der Waals surface area contributed by atoms with Crippen LogP contribution < -0.4 is 5.32 Å². The number of benzene rings is 1. The molecule has 0 bridgehead atoms. The zero-order valence-corrected chi connectivity index (χ0v) is 11.8. The molecule has 1 atom stereocenters. The molecule has 0 aromatic heterocycles. The van der Waals surface area contributed by atoms with Crippen LogP contribution in [0.5, 0.6) is 0 Å². The van der Waals surface area contributed by atoms with Gasteiger partial charge in [-0.1, -0.05) is 6.42 Å². The fraction of sp³-hybridized carbons (Fsp3) is 0.500. The van der Waals surface area contributed by atoms with Gasteiger partial charge in [0, 0.05) is 25.7 Å². The number of likely N-dealkylation sites (N-methyl/N-ethyl adjacent to an activating group) is 1. The average Bonchev–Trinajstić information content (AvgIpc) is 2.47. The topological polar surface area (TPSA) is 75.5 Å². The molecule has 1 aromatic carbocycles. The van der Waals surface area contributed by atoms with Crippen molar-refractivity contribution in [3.63, 3.8) is 0 Å². The predicted octanol–water partition coefficient (Wildman–Crippen LogP) is 1.95. The first kappa shape index (κ1) is 15.4. The van der Waals surface area contributed by atoms with Crippen LogP contribution in [0.15, 0.2) is 18.2 Å². The molecule has 1 aliphatic rings. The van der Waals surface area contributed by atoms with Crippen molar-refractivity contribution in [2.45, 2.75) is 25.3 Å². The third-order valence-corrected chi connectivity index (χ3v) is 3.65. The molecular formula is C14H18FN3O3. The molecule has 0 spiro atoms. The van der Waals surface area contributed by atoms with Gasteiger partial charge in [0.1, 0.15) is 5.82 Å².